The van der Waals surface area contributed by atoms with Crippen molar-refractivity contribution < 1.29 is 26.3 Å². The van der Waals surface area contributed by atoms with E-state index in [-0.39, 0.29) is 19.0 Å². The third kappa shape index (κ3) is 4.26. The maximum Gasteiger partial charge on any atom is 0.511 e. The summed E-state index contributed by atoms with van der Waals surface area (Å²) in [5.41, 5.74) is -3.45. The lowest BCUT2D eigenvalue weighted by Gasteiger charge is -2.31. The molecule has 1 fully saturated rings. The number of nitrogens with zero attached hydrogens (tertiary/aromatic N) is 3. The van der Waals surface area contributed by atoms with Gasteiger partial charge in [0.2, 0.25) is 5.88 Å². The van der Waals surface area contributed by atoms with E-state index < -0.39 is 15.5 Å². The van der Waals surface area contributed by atoms with E-state index in [0.29, 0.717) is 36.1 Å². The van der Waals surface area contributed by atoms with Crippen LogP contribution in [0.4, 0.5) is 13.2 Å². The van der Waals surface area contributed by atoms with Gasteiger partial charge >= 0.3 is 15.5 Å². The van der Waals surface area contributed by atoms with Crippen LogP contribution in [0, 0.1) is 12.8 Å². The second kappa shape index (κ2) is 7.50. The number of aryl methyl sites for hydroxylation is 2. The van der Waals surface area contributed by atoms with E-state index in [1.165, 1.54) is 0 Å². The Bertz CT molecular complexity index is 695. The number of halogens is 3. The van der Waals surface area contributed by atoms with Crippen molar-refractivity contribution in [1.82, 2.24) is 19.4 Å². The molecule has 11 heteroatoms. The van der Waals surface area contributed by atoms with Gasteiger partial charge in [0.15, 0.2) is 0 Å². The molecule has 0 unspecified atom stereocenters. The van der Waals surface area contributed by atoms with E-state index in [9.17, 15) is 21.6 Å². The SMILES string of the molecule is COc1c(CNCC2CCN(S(=O)(=O)C(F)(F)F)CC2)c(C)nn1C. The molecule has 1 aromatic heterocycles. The fraction of sp³-hybridized carbons (Fsp3) is 0.786. The van der Waals surface area contributed by atoms with Crippen molar-refractivity contribution in [2.45, 2.75) is 31.8 Å². The number of aromatic nitrogens is 2. The molecular weight excluding hydrogens is 361 g/mol. The molecule has 1 aromatic rings. The molecule has 144 valence electrons. The molecule has 1 aliphatic heterocycles. The van der Waals surface area contributed by atoms with Gasteiger partial charge in [-0.15, -0.1) is 0 Å². The van der Waals surface area contributed by atoms with Crippen LogP contribution in [0.1, 0.15) is 24.1 Å². The molecule has 0 aliphatic carbocycles. The first kappa shape index (κ1) is 20.0. The van der Waals surface area contributed by atoms with Crippen molar-refractivity contribution in [2.24, 2.45) is 13.0 Å². The van der Waals surface area contributed by atoms with Crippen molar-refractivity contribution >= 4 is 10.0 Å². The Hall–Kier alpha value is -1.33. The first-order valence-corrected chi connectivity index (χ1v) is 9.35. The summed E-state index contributed by atoms with van der Waals surface area (Å²) in [7, 11) is -1.86. The number of nitrogens with one attached hydrogen (secondary N) is 1. The Morgan fingerprint density at radius 3 is 2.44 bits per heavy atom. The fourth-order valence-corrected chi connectivity index (χ4v) is 4.03. The van der Waals surface area contributed by atoms with Gasteiger partial charge in [-0.1, -0.05) is 0 Å². The van der Waals surface area contributed by atoms with Crippen molar-refractivity contribution in [2.75, 3.05) is 26.7 Å². The number of rotatable bonds is 6. The van der Waals surface area contributed by atoms with Gasteiger partial charge in [0.25, 0.3) is 0 Å². The van der Waals surface area contributed by atoms with Gasteiger partial charge in [0.1, 0.15) is 0 Å². The molecule has 2 heterocycles. The molecule has 0 atom stereocenters. The smallest absolute Gasteiger partial charge is 0.481 e. The second-order valence-electron chi connectivity index (χ2n) is 6.12. The molecule has 0 radical (unpaired) electrons. The lowest BCUT2D eigenvalue weighted by atomic mass is 9.98. The largest absolute Gasteiger partial charge is 0.511 e. The minimum Gasteiger partial charge on any atom is -0.481 e. The molecule has 0 saturated carbocycles. The summed E-state index contributed by atoms with van der Waals surface area (Å²) in [5.74, 6) is 0.791. The van der Waals surface area contributed by atoms with E-state index in [4.69, 9.17) is 4.74 Å². The zero-order chi connectivity index (χ0) is 18.8. The molecule has 0 amide bonds. The standard InChI is InChI=1S/C14H23F3N4O3S/c1-10-12(13(24-3)20(2)19-10)9-18-8-11-4-6-21(7-5-11)25(22,23)14(15,16)17/h11,18H,4-9H2,1-3H3. The van der Waals surface area contributed by atoms with Crippen LogP contribution in [0.15, 0.2) is 0 Å². The Morgan fingerprint density at radius 1 is 1.32 bits per heavy atom. The van der Waals surface area contributed by atoms with Crippen LogP contribution in [0.3, 0.4) is 0 Å². The number of alkyl halides is 3. The summed E-state index contributed by atoms with van der Waals surface area (Å²) >= 11 is 0. The van der Waals surface area contributed by atoms with Crippen LogP contribution in [0.25, 0.3) is 0 Å². The molecule has 1 aliphatic rings. The fourth-order valence-electron chi connectivity index (χ4n) is 3.04. The number of hydrogen-bond acceptors (Lipinski definition) is 5. The zero-order valence-corrected chi connectivity index (χ0v) is 15.2. The molecule has 7 nitrogen and oxygen atoms in total. The number of methoxy groups -OCH3 is 1. The van der Waals surface area contributed by atoms with E-state index in [2.05, 4.69) is 10.4 Å². The van der Waals surface area contributed by atoms with Crippen molar-refractivity contribution in [3.8, 4) is 5.88 Å². The van der Waals surface area contributed by atoms with E-state index in [0.717, 1.165) is 11.3 Å². The van der Waals surface area contributed by atoms with Gasteiger partial charge < -0.3 is 10.1 Å². The quantitative estimate of drug-likeness (QED) is 0.802. The van der Waals surface area contributed by atoms with Crippen LogP contribution >= 0.6 is 0 Å². The molecule has 0 bridgehead atoms. The number of piperidine rings is 1. The highest BCUT2D eigenvalue weighted by molar-refractivity contribution is 7.90. The van der Waals surface area contributed by atoms with Crippen LogP contribution < -0.4 is 10.1 Å². The van der Waals surface area contributed by atoms with Crippen LogP contribution in [0.2, 0.25) is 0 Å². The highest BCUT2D eigenvalue weighted by Crippen LogP contribution is 2.30. The van der Waals surface area contributed by atoms with Crippen LogP contribution in [-0.4, -0.2) is 54.8 Å². The molecule has 25 heavy (non-hydrogen) atoms. The van der Waals surface area contributed by atoms with Crippen molar-refractivity contribution in [3.63, 3.8) is 0 Å². The molecule has 1 N–H and O–H groups in total. The van der Waals surface area contributed by atoms with Crippen LogP contribution in [0.5, 0.6) is 5.88 Å². The summed E-state index contributed by atoms with van der Waals surface area (Å²) in [6, 6.07) is 0. The van der Waals surface area contributed by atoms with E-state index >= 15 is 0 Å². The Labute approximate surface area is 145 Å². The summed E-state index contributed by atoms with van der Waals surface area (Å²) < 4.78 is 67.9. The van der Waals surface area contributed by atoms with Crippen LogP contribution in [-0.2, 0) is 23.6 Å². The predicted molar refractivity (Wildman–Crippen MR) is 85.5 cm³/mol. The summed E-state index contributed by atoms with van der Waals surface area (Å²) in [6.45, 7) is 2.79. The highest BCUT2D eigenvalue weighted by Gasteiger charge is 2.50. The van der Waals surface area contributed by atoms with Crippen molar-refractivity contribution in [1.29, 1.82) is 0 Å². The average molecular weight is 384 g/mol. The lowest BCUT2D eigenvalue weighted by molar-refractivity contribution is -0.0496. The first-order chi connectivity index (χ1) is 11.6. The van der Waals surface area contributed by atoms with E-state index in [1.807, 2.05) is 6.92 Å². The maximum absolute atomic E-state index is 12.6. The lowest BCUT2D eigenvalue weighted by Crippen LogP contribution is -2.46. The monoisotopic (exact) mass is 384 g/mol. The third-order valence-corrected chi connectivity index (χ3v) is 6.05. The van der Waals surface area contributed by atoms with Gasteiger partial charge in [-0.05, 0) is 32.2 Å². The maximum atomic E-state index is 12.6. The van der Waals surface area contributed by atoms with Gasteiger partial charge in [-0.25, -0.2) is 13.1 Å². The number of sulfonamides is 1. The van der Waals surface area contributed by atoms with Crippen molar-refractivity contribution in [3.05, 3.63) is 11.3 Å². The topological polar surface area (TPSA) is 76.5 Å². The molecule has 2 rings (SSSR count). The zero-order valence-electron chi connectivity index (χ0n) is 14.4. The minimum absolute atomic E-state index is 0.108. The number of ether oxygens (including phenoxy) is 1. The Morgan fingerprint density at radius 2 is 1.92 bits per heavy atom. The summed E-state index contributed by atoms with van der Waals surface area (Å²) in [4.78, 5) is 0. The van der Waals surface area contributed by atoms with E-state index in [1.54, 1.807) is 18.8 Å². The summed E-state index contributed by atoms with van der Waals surface area (Å²) in [5, 5.41) is 7.54. The highest BCUT2D eigenvalue weighted by atomic mass is 32.2. The third-order valence-electron chi connectivity index (χ3n) is 4.42. The van der Waals surface area contributed by atoms with Gasteiger partial charge in [0, 0.05) is 26.7 Å². The molecule has 1 saturated heterocycles. The van der Waals surface area contributed by atoms with Gasteiger partial charge in [-0.2, -0.15) is 22.6 Å². The molecular formula is C14H23F3N4O3S. The minimum atomic E-state index is -5.23. The average Bonchev–Trinajstić information content (AvgIpc) is 2.80. The molecule has 0 aromatic carbocycles. The molecule has 0 spiro atoms. The first-order valence-electron chi connectivity index (χ1n) is 7.91. The number of hydrogen-bond donors (Lipinski definition) is 1. The summed E-state index contributed by atoms with van der Waals surface area (Å²) in [6.07, 6.45) is 0.789. The normalized spacial score (nSPS) is 17.8. The van der Waals surface area contributed by atoms with Gasteiger partial charge in [-0.3, -0.25) is 0 Å². The Kier molecular flexibility index (Phi) is 6.00. The predicted octanol–water partition coefficient (Wildman–Crippen LogP) is 1.39. The Balaban J connectivity index is 1.84. The second-order valence-corrected chi connectivity index (χ2v) is 8.05. The van der Waals surface area contributed by atoms with Gasteiger partial charge in [0.05, 0.1) is 18.4 Å².